The normalized spacial score (nSPS) is 14.6. The van der Waals surface area contributed by atoms with Crippen LogP contribution in [0, 0.1) is 13.8 Å². The summed E-state index contributed by atoms with van der Waals surface area (Å²) in [6.07, 6.45) is 1.87. The predicted molar refractivity (Wildman–Crippen MR) is 113 cm³/mol. The molecule has 0 atom stereocenters. The molecule has 0 saturated carbocycles. The van der Waals surface area contributed by atoms with E-state index in [1.54, 1.807) is 0 Å². The molecule has 0 unspecified atom stereocenters. The second kappa shape index (κ2) is 7.33. The Labute approximate surface area is 169 Å². The first-order valence-electron chi connectivity index (χ1n) is 10.00. The van der Waals surface area contributed by atoms with Crippen molar-refractivity contribution < 1.29 is 4.52 Å². The number of benzene rings is 1. The lowest BCUT2D eigenvalue weighted by Gasteiger charge is -2.28. The smallest absolute Gasteiger partial charge is 0.208 e. The van der Waals surface area contributed by atoms with Crippen LogP contribution < -0.4 is 10.2 Å². The predicted octanol–water partition coefficient (Wildman–Crippen LogP) is 3.16. The molecule has 3 aromatic heterocycles. The summed E-state index contributed by atoms with van der Waals surface area (Å²) in [6, 6.07) is 12.7. The number of fused-ring (bicyclic) bond motifs is 1. The maximum Gasteiger partial charge on any atom is 0.208 e. The number of anilines is 1. The summed E-state index contributed by atoms with van der Waals surface area (Å²) in [4.78, 5) is 11.9. The fourth-order valence-corrected chi connectivity index (χ4v) is 4.05. The van der Waals surface area contributed by atoms with Gasteiger partial charge in [-0.1, -0.05) is 35.5 Å². The van der Waals surface area contributed by atoms with Crippen LogP contribution in [0.4, 0.5) is 5.95 Å². The average molecular weight is 388 g/mol. The standard InChI is InChI=1S/C22H24N6O/c1-15-20(16(2)29-26-15)18-12-19-21(24-13-18)25-22(27-10-8-23-9-11-27)28(19)14-17-6-4-3-5-7-17/h3-7,12-13,23H,8-11,14H2,1-2H3. The summed E-state index contributed by atoms with van der Waals surface area (Å²) in [6.45, 7) is 8.46. The van der Waals surface area contributed by atoms with Gasteiger partial charge >= 0.3 is 0 Å². The van der Waals surface area contributed by atoms with Crippen molar-refractivity contribution in [2.75, 3.05) is 31.1 Å². The quantitative estimate of drug-likeness (QED) is 0.579. The van der Waals surface area contributed by atoms with Crippen LogP contribution in [0.15, 0.2) is 47.1 Å². The minimum Gasteiger partial charge on any atom is -0.361 e. The monoisotopic (exact) mass is 388 g/mol. The number of rotatable bonds is 4. The zero-order valence-corrected chi connectivity index (χ0v) is 16.7. The van der Waals surface area contributed by atoms with Crippen molar-refractivity contribution in [1.29, 1.82) is 0 Å². The van der Waals surface area contributed by atoms with Crippen molar-refractivity contribution in [3.8, 4) is 11.1 Å². The molecule has 0 bridgehead atoms. The summed E-state index contributed by atoms with van der Waals surface area (Å²) < 4.78 is 7.66. The number of nitrogens with zero attached hydrogens (tertiary/aromatic N) is 5. The highest BCUT2D eigenvalue weighted by molar-refractivity contribution is 5.82. The van der Waals surface area contributed by atoms with E-state index in [1.165, 1.54) is 5.56 Å². The van der Waals surface area contributed by atoms with Crippen LogP contribution >= 0.6 is 0 Å². The molecule has 1 saturated heterocycles. The SMILES string of the molecule is Cc1noc(C)c1-c1cnc2nc(N3CCNCC3)n(Cc3ccccc3)c2c1. The van der Waals surface area contributed by atoms with Crippen LogP contribution in [0.3, 0.4) is 0 Å². The van der Waals surface area contributed by atoms with Gasteiger partial charge in [-0.05, 0) is 25.5 Å². The van der Waals surface area contributed by atoms with Crippen LogP contribution in [-0.4, -0.2) is 45.9 Å². The fraction of sp³-hybridized carbons (Fsp3) is 0.318. The third-order valence-corrected chi connectivity index (χ3v) is 5.49. The van der Waals surface area contributed by atoms with E-state index in [0.717, 1.165) is 72.4 Å². The Morgan fingerprint density at radius 3 is 2.62 bits per heavy atom. The Balaban J connectivity index is 1.66. The minimum absolute atomic E-state index is 0.753. The maximum absolute atomic E-state index is 5.37. The van der Waals surface area contributed by atoms with E-state index in [2.05, 4.69) is 50.3 Å². The van der Waals surface area contributed by atoms with Crippen molar-refractivity contribution in [2.24, 2.45) is 0 Å². The first-order chi connectivity index (χ1) is 14.2. The van der Waals surface area contributed by atoms with Crippen LogP contribution in [0.1, 0.15) is 17.0 Å². The summed E-state index contributed by atoms with van der Waals surface area (Å²) in [5, 5.41) is 7.52. The molecule has 1 fully saturated rings. The molecule has 4 heterocycles. The number of hydrogen-bond acceptors (Lipinski definition) is 6. The molecule has 5 rings (SSSR count). The van der Waals surface area contributed by atoms with Gasteiger partial charge in [-0.2, -0.15) is 4.98 Å². The van der Waals surface area contributed by atoms with Crippen LogP contribution in [0.5, 0.6) is 0 Å². The molecule has 0 spiro atoms. The van der Waals surface area contributed by atoms with E-state index in [-0.39, 0.29) is 0 Å². The molecule has 7 heteroatoms. The molecule has 1 N–H and O–H groups in total. The first kappa shape index (κ1) is 17.9. The molecule has 1 aromatic carbocycles. The van der Waals surface area contributed by atoms with Crippen LogP contribution in [0.25, 0.3) is 22.3 Å². The van der Waals surface area contributed by atoms with Crippen molar-refractivity contribution in [2.45, 2.75) is 20.4 Å². The van der Waals surface area contributed by atoms with Gasteiger partial charge in [0.15, 0.2) is 5.65 Å². The highest BCUT2D eigenvalue weighted by Crippen LogP contribution is 2.31. The molecule has 1 aliphatic heterocycles. The third kappa shape index (κ3) is 3.27. The Bertz CT molecular complexity index is 1120. The summed E-state index contributed by atoms with van der Waals surface area (Å²) in [5.41, 5.74) is 5.93. The van der Waals surface area contributed by atoms with Crippen LogP contribution in [0.2, 0.25) is 0 Å². The van der Waals surface area contributed by atoms with Crippen LogP contribution in [-0.2, 0) is 6.54 Å². The second-order valence-corrected chi connectivity index (χ2v) is 7.49. The zero-order valence-electron chi connectivity index (χ0n) is 16.7. The van der Waals surface area contributed by atoms with Gasteiger partial charge in [-0.25, -0.2) is 4.98 Å². The Hall–Kier alpha value is -3.19. The molecule has 0 radical (unpaired) electrons. The van der Waals surface area contributed by atoms with Gasteiger partial charge in [0, 0.05) is 43.5 Å². The highest BCUT2D eigenvalue weighted by Gasteiger charge is 2.21. The molecule has 1 aliphatic rings. The molecular weight excluding hydrogens is 364 g/mol. The average Bonchev–Trinajstić information content (AvgIpc) is 3.28. The van der Waals surface area contributed by atoms with Gasteiger partial charge in [-0.3, -0.25) is 0 Å². The highest BCUT2D eigenvalue weighted by atomic mass is 16.5. The topological polar surface area (TPSA) is 72.0 Å². The van der Waals surface area contributed by atoms with E-state index in [9.17, 15) is 0 Å². The Kier molecular flexibility index (Phi) is 4.52. The van der Waals surface area contributed by atoms with Gasteiger partial charge in [0.05, 0.1) is 17.8 Å². The lowest BCUT2D eigenvalue weighted by Crippen LogP contribution is -2.44. The number of aromatic nitrogens is 4. The van der Waals surface area contributed by atoms with Crippen molar-refractivity contribution in [1.82, 2.24) is 25.0 Å². The van der Waals surface area contributed by atoms with Gasteiger partial charge in [0.25, 0.3) is 0 Å². The van der Waals surface area contributed by atoms with E-state index in [1.807, 2.05) is 26.1 Å². The van der Waals surface area contributed by atoms with Crippen molar-refractivity contribution in [3.63, 3.8) is 0 Å². The van der Waals surface area contributed by atoms with Gasteiger partial charge in [-0.15, -0.1) is 0 Å². The molecule has 7 nitrogen and oxygen atoms in total. The summed E-state index contributed by atoms with van der Waals surface area (Å²) in [5.74, 6) is 1.79. The lowest BCUT2D eigenvalue weighted by atomic mass is 10.1. The minimum atomic E-state index is 0.753. The van der Waals surface area contributed by atoms with Gasteiger partial charge < -0.3 is 19.3 Å². The number of aryl methyl sites for hydroxylation is 2. The maximum atomic E-state index is 5.37. The number of imidazole rings is 1. The van der Waals surface area contributed by atoms with E-state index in [4.69, 9.17) is 14.5 Å². The molecule has 0 aliphatic carbocycles. The van der Waals surface area contributed by atoms with Gasteiger partial charge in [0.1, 0.15) is 5.76 Å². The largest absolute Gasteiger partial charge is 0.361 e. The third-order valence-electron chi connectivity index (χ3n) is 5.49. The first-order valence-corrected chi connectivity index (χ1v) is 10.00. The zero-order chi connectivity index (χ0) is 19.8. The number of piperazine rings is 1. The van der Waals surface area contributed by atoms with E-state index in [0.29, 0.717) is 0 Å². The Morgan fingerprint density at radius 1 is 1.10 bits per heavy atom. The second-order valence-electron chi connectivity index (χ2n) is 7.49. The summed E-state index contributed by atoms with van der Waals surface area (Å²) in [7, 11) is 0. The van der Waals surface area contributed by atoms with E-state index < -0.39 is 0 Å². The molecule has 148 valence electrons. The van der Waals surface area contributed by atoms with Crippen molar-refractivity contribution >= 4 is 17.1 Å². The molecule has 4 aromatic rings. The molecule has 0 amide bonds. The molecule has 29 heavy (non-hydrogen) atoms. The lowest BCUT2D eigenvalue weighted by molar-refractivity contribution is 0.393. The number of pyridine rings is 1. The Morgan fingerprint density at radius 2 is 1.90 bits per heavy atom. The van der Waals surface area contributed by atoms with Gasteiger partial charge in [0.2, 0.25) is 5.95 Å². The number of hydrogen-bond donors (Lipinski definition) is 1. The van der Waals surface area contributed by atoms with E-state index >= 15 is 0 Å². The summed E-state index contributed by atoms with van der Waals surface area (Å²) >= 11 is 0. The van der Waals surface area contributed by atoms with Crippen molar-refractivity contribution in [3.05, 3.63) is 59.6 Å². The fourth-order valence-electron chi connectivity index (χ4n) is 4.05. The molecular formula is C22H24N6O. The number of nitrogens with one attached hydrogen (secondary N) is 1.